The van der Waals surface area contributed by atoms with Crippen LogP contribution in [-0.2, 0) is 35.1 Å². The molecule has 1 aliphatic rings. The molecule has 1 aromatic rings. The van der Waals surface area contributed by atoms with Gasteiger partial charge in [-0.05, 0) is 104 Å². The van der Waals surface area contributed by atoms with Crippen molar-refractivity contribution in [2.45, 2.75) is 80.1 Å². The molecule has 46 heavy (non-hydrogen) atoms. The molecule has 1 aromatic carbocycles. The van der Waals surface area contributed by atoms with Crippen molar-refractivity contribution in [2.24, 2.45) is 0 Å². The standard InChI is InChI=1S/C38H46O8/c1-23(2)11-9-13-25(5)15-17-27-19-29(39)21-31(35(27)41)33(37(43)45-7)34(38(44)46-8)32-22-30(40)20-28(36(32)42)18-16-26(6)14-10-12-24(3)4/h11-12,15-16,19-22,39,41H,9-10,13-14,17-18H2,1-8H3. The van der Waals surface area contributed by atoms with Crippen molar-refractivity contribution >= 4 is 29.1 Å². The maximum absolute atomic E-state index is 13.8. The highest BCUT2D eigenvalue weighted by Gasteiger charge is 2.35. The van der Waals surface area contributed by atoms with E-state index in [0.29, 0.717) is 0 Å². The molecule has 0 aliphatic heterocycles. The molecule has 0 spiro atoms. The molecule has 0 heterocycles. The van der Waals surface area contributed by atoms with Crippen LogP contribution in [0.3, 0.4) is 0 Å². The van der Waals surface area contributed by atoms with Gasteiger partial charge in [0.1, 0.15) is 11.5 Å². The highest BCUT2D eigenvalue weighted by atomic mass is 16.5. The Kier molecular flexibility index (Phi) is 14.4. The number of benzene rings is 1. The number of rotatable bonds is 14. The number of allylic oxidation sites excluding steroid dienone is 11. The fraction of sp³-hybridized carbons (Fsp3) is 0.368. The summed E-state index contributed by atoms with van der Waals surface area (Å²) in [7, 11) is 2.14. The third kappa shape index (κ3) is 10.7. The van der Waals surface area contributed by atoms with Gasteiger partial charge in [-0.2, -0.15) is 0 Å². The average Bonchev–Trinajstić information content (AvgIpc) is 2.99. The molecule has 0 amide bonds. The number of carbonyl (C=O) groups is 4. The van der Waals surface area contributed by atoms with Gasteiger partial charge in [0.25, 0.3) is 0 Å². The fourth-order valence-electron chi connectivity index (χ4n) is 4.87. The summed E-state index contributed by atoms with van der Waals surface area (Å²) in [6.07, 6.45) is 13.7. The molecule has 0 unspecified atom stereocenters. The second-order valence-electron chi connectivity index (χ2n) is 11.8. The van der Waals surface area contributed by atoms with Crippen LogP contribution >= 0.6 is 0 Å². The van der Waals surface area contributed by atoms with Crippen molar-refractivity contribution in [1.82, 2.24) is 0 Å². The number of methoxy groups -OCH3 is 2. The molecular weight excluding hydrogens is 584 g/mol. The zero-order chi connectivity index (χ0) is 34.6. The van der Waals surface area contributed by atoms with Gasteiger partial charge in [-0.15, -0.1) is 0 Å². The first-order valence-electron chi connectivity index (χ1n) is 15.2. The van der Waals surface area contributed by atoms with Gasteiger partial charge in [-0.25, -0.2) is 9.59 Å². The minimum atomic E-state index is -1.10. The van der Waals surface area contributed by atoms with E-state index in [1.807, 2.05) is 53.7 Å². The molecule has 2 rings (SSSR count). The van der Waals surface area contributed by atoms with Gasteiger partial charge >= 0.3 is 11.9 Å². The molecule has 0 fully saturated rings. The summed E-state index contributed by atoms with van der Waals surface area (Å²) in [5.41, 5.74) is 3.20. The lowest BCUT2D eigenvalue weighted by Crippen LogP contribution is -2.23. The number of aromatic hydroxyl groups is 2. The summed E-state index contributed by atoms with van der Waals surface area (Å²) < 4.78 is 9.96. The molecule has 0 saturated heterocycles. The van der Waals surface area contributed by atoms with Crippen LogP contribution in [0.5, 0.6) is 11.5 Å². The number of Topliss-reactive ketones (excluding diaryl/α,β-unsaturated/α-hetero) is 1. The number of hydrogen-bond donors (Lipinski definition) is 2. The van der Waals surface area contributed by atoms with E-state index in [1.54, 1.807) is 0 Å². The Morgan fingerprint density at radius 1 is 0.717 bits per heavy atom. The predicted molar refractivity (Wildman–Crippen MR) is 180 cm³/mol. The summed E-state index contributed by atoms with van der Waals surface area (Å²) >= 11 is 0. The summed E-state index contributed by atoms with van der Waals surface area (Å²) in [5.74, 6) is -4.06. The van der Waals surface area contributed by atoms with Crippen LogP contribution in [0.25, 0.3) is 5.57 Å². The Hall–Kier alpha value is -4.72. The molecule has 0 bridgehead atoms. The van der Waals surface area contributed by atoms with Gasteiger partial charge in [-0.1, -0.05) is 46.6 Å². The quantitative estimate of drug-likeness (QED) is 0.0711. The third-order valence-electron chi connectivity index (χ3n) is 7.40. The van der Waals surface area contributed by atoms with Crippen LogP contribution < -0.4 is 0 Å². The number of ether oxygens (including phenoxy) is 2. The molecule has 8 heteroatoms. The maximum Gasteiger partial charge on any atom is 0.339 e. The molecule has 246 valence electrons. The van der Waals surface area contributed by atoms with E-state index in [4.69, 9.17) is 9.47 Å². The van der Waals surface area contributed by atoms with Crippen molar-refractivity contribution in [3.05, 3.63) is 98.7 Å². The van der Waals surface area contributed by atoms with Crippen molar-refractivity contribution in [3.63, 3.8) is 0 Å². The Labute approximate surface area is 272 Å². The Bertz CT molecular complexity index is 1580. The third-order valence-corrected chi connectivity index (χ3v) is 7.40. The van der Waals surface area contributed by atoms with Crippen LogP contribution in [0.1, 0.15) is 84.8 Å². The first kappa shape index (κ1) is 37.5. The lowest BCUT2D eigenvalue weighted by molar-refractivity contribution is -0.137. The van der Waals surface area contributed by atoms with Gasteiger partial charge in [0.2, 0.25) is 0 Å². The number of esters is 2. The second-order valence-corrected chi connectivity index (χ2v) is 11.8. The predicted octanol–water partition coefficient (Wildman–Crippen LogP) is 7.52. The van der Waals surface area contributed by atoms with E-state index < -0.39 is 40.4 Å². The Balaban J connectivity index is 2.66. The number of carbonyl (C=O) groups excluding carboxylic acids is 4. The molecule has 8 nitrogen and oxygen atoms in total. The summed E-state index contributed by atoms with van der Waals surface area (Å²) in [6.45, 7) is 12.0. The van der Waals surface area contributed by atoms with Crippen LogP contribution in [0, 0.1) is 0 Å². The normalized spacial score (nSPS) is 14.2. The second kappa shape index (κ2) is 17.7. The molecule has 1 aliphatic carbocycles. The van der Waals surface area contributed by atoms with Gasteiger partial charge in [0.05, 0.1) is 25.4 Å². The Morgan fingerprint density at radius 3 is 1.76 bits per heavy atom. The SMILES string of the molecule is COC(=O)C(C1=CC(=O)C=C(CC=C(C)CCC=C(C)C)C1=O)=C(C(=O)OC)c1cc(O)cc(CC=C(C)CCC=C(C)C)c1O. The van der Waals surface area contributed by atoms with Gasteiger partial charge in [0, 0.05) is 22.3 Å². The maximum atomic E-state index is 13.8. The van der Waals surface area contributed by atoms with E-state index in [2.05, 4.69) is 12.2 Å². The molecule has 0 radical (unpaired) electrons. The zero-order valence-electron chi connectivity index (χ0n) is 28.2. The minimum Gasteiger partial charge on any atom is -0.508 e. The topological polar surface area (TPSA) is 127 Å². The van der Waals surface area contributed by atoms with Gasteiger partial charge in [0.15, 0.2) is 11.6 Å². The monoisotopic (exact) mass is 630 g/mol. The summed E-state index contributed by atoms with van der Waals surface area (Å²) in [4.78, 5) is 53.2. The van der Waals surface area contributed by atoms with Crippen LogP contribution in [-0.4, -0.2) is 47.9 Å². The highest BCUT2D eigenvalue weighted by Crippen LogP contribution is 2.39. The van der Waals surface area contributed by atoms with Gasteiger partial charge < -0.3 is 19.7 Å². The van der Waals surface area contributed by atoms with E-state index in [-0.39, 0.29) is 40.9 Å². The molecule has 0 aromatic heterocycles. The number of ketones is 2. The lowest BCUT2D eigenvalue weighted by Gasteiger charge is -2.19. The lowest BCUT2D eigenvalue weighted by atomic mass is 9.84. The highest BCUT2D eigenvalue weighted by molar-refractivity contribution is 6.32. The number of phenolic OH excluding ortho intramolecular Hbond substituents is 2. The van der Waals surface area contributed by atoms with E-state index >= 15 is 0 Å². The largest absolute Gasteiger partial charge is 0.508 e. The van der Waals surface area contributed by atoms with Crippen LogP contribution in [0.4, 0.5) is 0 Å². The smallest absolute Gasteiger partial charge is 0.339 e. The number of phenols is 2. The molecule has 0 saturated carbocycles. The fourth-order valence-corrected chi connectivity index (χ4v) is 4.87. The van der Waals surface area contributed by atoms with Crippen molar-refractivity contribution in [1.29, 1.82) is 0 Å². The van der Waals surface area contributed by atoms with E-state index in [9.17, 15) is 29.4 Å². The van der Waals surface area contributed by atoms with Crippen LogP contribution in [0.15, 0.2) is 87.6 Å². The first-order chi connectivity index (χ1) is 21.7. The van der Waals surface area contributed by atoms with Crippen molar-refractivity contribution in [3.8, 4) is 11.5 Å². The molecular formula is C38H46O8. The van der Waals surface area contributed by atoms with E-state index in [0.717, 1.165) is 63.2 Å². The molecule has 0 atom stereocenters. The molecule has 2 N–H and O–H groups in total. The Morgan fingerprint density at radius 2 is 1.24 bits per heavy atom. The van der Waals surface area contributed by atoms with Gasteiger partial charge in [-0.3, -0.25) is 9.59 Å². The minimum absolute atomic E-state index is 0.129. The van der Waals surface area contributed by atoms with E-state index in [1.165, 1.54) is 23.3 Å². The van der Waals surface area contributed by atoms with Crippen molar-refractivity contribution in [2.75, 3.05) is 14.2 Å². The van der Waals surface area contributed by atoms with Crippen LogP contribution in [0.2, 0.25) is 0 Å². The first-order valence-corrected chi connectivity index (χ1v) is 15.2. The summed E-state index contributed by atoms with van der Waals surface area (Å²) in [5, 5.41) is 22.0. The average molecular weight is 631 g/mol. The van der Waals surface area contributed by atoms with Crippen molar-refractivity contribution < 1.29 is 38.9 Å². The number of hydrogen-bond acceptors (Lipinski definition) is 8. The summed E-state index contributed by atoms with van der Waals surface area (Å²) in [6, 6.07) is 2.46. The zero-order valence-corrected chi connectivity index (χ0v) is 28.2.